The van der Waals surface area contributed by atoms with Gasteiger partial charge in [0.15, 0.2) is 0 Å². The van der Waals surface area contributed by atoms with Gasteiger partial charge in [-0.3, -0.25) is 4.79 Å². The van der Waals surface area contributed by atoms with E-state index in [4.69, 9.17) is 9.15 Å². The highest BCUT2D eigenvalue weighted by Crippen LogP contribution is 2.21. The molecule has 1 aromatic heterocycles. The summed E-state index contributed by atoms with van der Waals surface area (Å²) in [4.78, 5) is 15.8. The Kier molecular flexibility index (Phi) is 6.21. The summed E-state index contributed by atoms with van der Waals surface area (Å²) in [6.07, 6.45) is 0.681. The van der Waals surface area contributed by atoms with Gasteiger partial charge in [0, 0.05) is 5.75 Å². The summed E-state index contributed by atoms with van der Waals surface area (Å²) in [7, 11) is 1.76. The molecule has 0 amide bonds. The molecule has 0 saturated carbocycles. The molecule has 0 bridgehead atoms. The summed E-state index contributed by atoms with van der Waals surface area (Å²) in [6, 6.07) is -0.269. The van der Waals surface area contributed by atoms with Gasteiger partial charge in [0.05, 0.1) is 12.3 Å². The third-order valence-electron chi connectivity index (χ3n) is 2.56. The van der Waals surface area contributed by atoms with Crippen LogP contribution in [0.25, 0.3) is 0 Å². The predicted octanol–water partition coefficient (Wildman–Crippen LogP) is 1.92. The third-order valence-corrected chi connectivity index (χ3v) is 3.42. The van der Waals surface area contributed by atoms with Gasteiger partial charge < -0.3 is 14.5 Å². The van der Waals surface area contributed by atoms with Crippen molar-refractivity contribution in [1.29, 1.82) is 0 Å². The summed E-state index contributed by atoms with van der Waals surface area (Å²) in [5.41, 5.74) is 0.910. The minimum atomic E-state index is -0.269. The fourth-order valence-electron chi connectivity index (χ4n) is 1.39. The Morgan fingerprint density at radius 2 is 2.28 bits per heavy atom. The van der Waals surface area contributed by atoms with E-state index in [1.54, 1.807) is 14.0 Å². The molecule has 0 aliphatic heterocycles. The Morgan fingerprint density at radius 3 is 2.78 bits per heavy atom. The van der Waals surface area contributed by atoms with Crippen LogP contribution in [-0.2, 0) is 9.53 Å². The zero-order valence-electron chi connectivity index (χ0n) is 11.3. The molecule has 1 rings (SSSR count). The van der Waals surface area contributed by atoms with Gasteiger partial charge in [0.2, 0.25) is 0 Å². The Hall–Kier alpha value is -1.01. The Bertz CT molecular complexity index is 373. The molecule has 0 radical (unpaired) electrons. The van der Waals surface area contributed by atoms with E-state index in [9.17, 15) is 4.79 Å². The van der Waals surface area contributed by atoms with Crippen LogP contribution in [0.3, 0.4) is 0 Å². The van der Waals surface area contributed by atoms with Crippen molar-refractivity contribution in [3.8, 4) is 0 Å². The van der Waals surface area contributed by atoms with E-state index in [2.05, 4.69) is 10.3 Å². The van der Waals surface area contributed by atoms with Crippen molar-refractivity contribution in [3.63, 3.8) is 0 Å². The van der Waals surface area contributed by atoms with Crippen LogP contribution in [0.2, 0.25) is 0 Å². The molecule has 6 heteroatoms. The normalized spacial score (nSPS) is 12.4. The first-order valence-corrected chi connectivity index (χ1v) is 6.97. The van der Waals surface area contributed by atoms with Crippen molar-refractivity contribution in [2.24, 2.45) is 0 Å². The largest absolute Gasteiger partial charge is 0.465 e. The first-order chi connectivity index (χ1) is 8.58. The van der Waals surface area contributed by atoms with Crippen LogP contribution in [-0.4, -0.2) is 36.4 Å². The number of carbonyl (C=O) groups excluding carboxylic acids is 1. The van der Waals surface area contributed by atoms with Crippen molar-refractivity contribution >= 4 is 17.7 Å². The highest BCUT2D eigenvalue weighted by atomic mass is 32.2. The topological polar surface area (TPSA) is 64.4 Å². The lowest BCUT2D eigenvalue weighted by molar-refractivity contribution is -0.145. The molecule has 1 unspecified atom stereocenters. The van der Waals surface area contributed by atoms with E-state index in [-0.39, 0.29) is 12.0 Å². The third kappa shape index (κ3) is 4.34. The number of ether oxygens (including phenoxy) is 1. The monoisotopic (exact) mass is 272 g/mol. The number of aromatic nitrogens is 1. The smallest absolute Gasteiger partial charge is 0.323 e. The van der Waals surface area contributed by atoms with Crippen LogP contribution in [0.4, 0.5) is 0 Å². The van der Waals surface area contributed by atoms with Crippen LogP contribution in [0.5, 0.6) is 0 Å². The highest BCUT2D eigenvalue weighted by molar-refractivity contribution is 7.99. The van der Waals surface area contributed by atoms with Crippen LogP contribution in [0.1, 0.15) is 24.8 Å². The van der Waals surface area contributed by atoms with Gasteiger partial charge in [0.1, 0.15) is 11.8 Å². The predicted molar refractivity (Wildman–Crippen MR) is 70.8 cm³/mol. The molecule has 0 aliphatic rings. The zero-order chi connectivity index (χ0) is 13.5. The fraction of sp³-hybridized carbons (Fsp3) is 0.667. The number of hydrogen-bond donors (Lipinski definition) is 1. The van der Waals surface area contributed by atoms with Crippen molar-refractivity contribution in [1.82, 2.24) is 10.3 Å². The number of likely N-dealkylation sites (N-methyl/N-ethyl adjacent to an activating group) is 1. The van der Waals surface area contributed by atoms with Crippen molar-refractivity contribution in [2.75, 3.05) is 19.4 Å². The second-order valence-electron chi connectivity index (χ2n) is 3.85. The first-order valence-electron chi connectivity index (χ1n) is 5.99. The summed E-state index contributed by atoms with van der Waals surface area (Å²) in [6.45, 7) is 6.01. The lowest BCUT2D eigenvalue weighted by Gasteiger charge is -2.13. The molecule has 1 N–H and O–H groups in total. The van der Waals surface area contributed by atoms with Gasteiger partial charge >= 0.3 is 5.97 Å². The van der Waals surface area contributed by atoms with Gasteiger partial charge in [-0.1, -0.05) is 11.8 Å². The number of carbonyl (C=O) groups is 1. The quantitative estimate of drug-likeness (QED) is 0.604. The van der Waals surface area contributed by atoms with Crippen LogP contribution < -0.4 is 5.32 Å². The molecule has 18 heavy (non-hydrogen) atoms. The minimum Gasteiger partial charge on any atom is -0.465 e. The van der Waals surface area contributed by atoms with Gasteiger partial charge in [-0.05, 0) is 34.2 Å². The molecule has 0 aromatic carbocycles. The molecular formula is C12H20N2O3S. The zero-order valence-corrected chi connectivity index (χ0v) is 12.1. The summed E-state index contributed by atoms with van der Waals surface area (Å²) in [5, 5.41) is 3.61. The van der Waals surface area contributed by atoms with E-state index < -0.39 is 0 Å². The summed E-state index contributed by atoms with van der Waals surface area (Å²) >= 11 is 1.51. The molecule has 5 nitrogen and oxygen atoms in total. The highest BCUT2D eigenvalue weighted by Gasteiger charge is 2.17. The standard InChI is InChI=1S/C12H20N2O3S/c1-5-16-11(15)10(13-4)6-7-18-12-14-8(2)9(3)17-12/h10,13H,5-7H2,1-4H3. The van der Waals surface area contributed by atoms with Gasteiger partial charge in [0.25, 0.3) is 5.22 Å². The van der Waals surface area contributed by atoms with Crippen LogP contribution >= 0.6 is 11.8 Å². The first kappa shape index (κ1) is 15.0. The minimum absolute atomic E-state index is 0.208. The maximum absolute atomic E-state index is 11.5. The number of esters is 1. The van der Waals surface area contributed by atoms with E-state index in [0.29, 0.717) is 18.3 Å². The van der Waals surface area contributed by atoms with Crippen molar-refractivity contribution in [2.45, 2.75) is 38.5 Å². The number of nitrogens with zero attached hydrogens (tertiary/aromatic N) is 1. The van der Waals surface area contributed by atoms with Crippen molar-refractivity contribution < 1.29 is 13.9 Å². The van der Waals surface area contributed by atoms with Crippen LogP contribution in [0.15, 0.2) is 9.64 Å². The van der Waals surface area contributed by atoms with Crippen molar-refractivity contribution in [3.05, 3.63) is 11.5 Å². The molecule has 0 saturated heterocycles. The number of aryl methyl sites for hydroxylation is 2. The maximum Gasteiger partial charge on any atom is 0.323 e. The number of nitrogens with one attached hydrogen (secondary N) is 1. The second-order valence-corrected chi connectivity index (χ2v) is 4.90. The Labute approximate surface area is 112 Å². The van der Waals surface area contributed by atoms with E-state index in [0.717, 1.165) is 17.2 Å². The molecule has 1 atom stereocenters. The van der Waals surface area contributed by atoms with Crippen LogP contribution in [0, 0.1) is 13.8 Å². The van der Waals surface area contributed by atoms with E-state index in [1.165, 1.54) is 11.8 Å². The molecule has 0 fully saturated rings. The molecular weight excluding hydrogens is 252 g/mol. The number of rotatable bonds is 7. The lowest BCUT2D eigenvalue weighted by Crippen LogP contribution is -2.36. The maximum atomic E-state index is 11.5. The van der Waals surface area contributed by atoms with Gasteiger partial charge in [-0.25, -0.2) is 4.98 Å². The van der Waals surface area contributed by atoms with E-state index >= 15 is 0 Å². The molecule has 1 heterocycles. The SMILES string of the molecule is CCOC(=O)C(CCSc1nc(C)c(C)o1)NC. The molecule has 0 spiro atoms. The van der Waals surface area contributed by atoms with Gasteiger partial charge in [-0.2, -0.15) is 0 Å². The van der Waals surface area contributed by atoms with Gasteiger partial charge in [-0.15, -0.1) is 0 Å². The summed E-state index contributed by atoms with van der Waals surface area (Å²) in [5.74, 6) is 1.39. The molecule has 102 valence electrons. The Balaban J connectivity index is 2.37. The molecule has 1 aromatic rings. The van der Waals surface area contributed by atoms with E-state index in [1.807, 2.05) is 13.8 Å². The molecule has 0 aliphatic carbocycles. The second kappa shape index (κ2) is 7.43. The number of oxazole rings is 1. The average molecular weight is 272 g/mol. The summed E-state index contributed by atoms with van der Waals surface area (Å²) < 4.78 is 10.4. The number of thioether (sulfide) groups is 1. The Morgan fingerprint density at radius 1 is 1.56 bits per heavy atom. The lowest BCUT2D eigenvalue weighted by atomic mass is 10.2. The average Bonchev–Trinajstić information content (AvgIpc) is 2.64. The number of hydrogen-bond acceptors (Lipinski definition) is 6. The fourth-order valence-corrected chi connectivity index (χ4v) is 2.31.